The lowest BCUT2D eigenvalue weighted by Crippen LogP contribution is -2.49. The van der Waals surface area contributed by atoms with E-state index in [4.69, 9.17) is 0 Å². The first-order chi connectivity index (χ1) is 14.0. The first-order valence-corrected chi connectivity index (χ1v) is 9.60. The maximum atomic E-state index is 13.0. The van der Waals surface area contributed by atoms with Crippen molar-refractivity contribution in [3.05, 3.63) is 63.7 Å². The number of carbonyl (C=O) groups is 1. The van der Waals surface area contributed by atoms with Gasteiger partial charge in [0.2, 0.25) is 0 Å². The minimum absolute atomic E-state index is 0.00522. The van der Waals surface area contributed by atoms with E-state index < -0.39 is 4.92 Å². The molecule has 0 N–H and O–H groups in total. The standard InChI is InChI=1S/C20H22N6O3/c1-3-17-14(2)25-13-15(4-6-19(25)22-17)20(27)24-10-8-23(9-11-24)18-7-5-16(12-21-18)26(28)29/h4-7,12-13H,3,8-11H2,1-2H3. The molecule has 1 fully saturated rings. The van der Waals surface area contributed by atoms with Crippen molar-refractivity contribution in [3.63, 3.8) is 0 Å². The van der Waals surface area contributed by atoms with Gasteiger partial charge in [0.05, 0.1) is 16.2 Å². The lowest BCUT2D eigenvalue weighted by molar-refractivity contribution is -0.385. The molecule has 4 heterocycles. The molecule has 0 atom stereocenters. The molecule has 3 aromatic rings. The van der Waals surface area contributed by atoms with Gasteiger partial charge < -0.3 is 14.2 Å². The van der Waals surface area contributed by atoms with Crippen LogP contribution in [0.1, 0.15) is 28.7 Å². The first-order valence-electron chi connectivity index (χ1n) is 9.60. The highest BCUT2D eigenvalue weighted by atomic mass is 16.6. The number of imidazole rings is 1. The number of amides is 1. The van der Waals surface area contributed by atoms with Crippen LogP contribution in [0, 0.1) is 17.0 Å². The summed E-state index contributed by atoms with van der Waals surface area (Å²) in [6, 6.07) is 6.81. The van der Waals surface area contributed by atoms with Gasteiger partial charge in [-0.2, -0.15) is 0 Å². The molecule has 0 spiro atoms. The molecule has 4 rings (SSSR count). The van der Waals surface area contributed by atoms with Crippen LogP contribution in [0.5, 0.6) is 0 Å². The molecule has 29 heavy (non-hydrogen) atoms. The lowest BCUT2D eigenvalue weighted by Gasteiger charge is -2.35. The third-order valence-electron chi connectivity index (χ3n) is 5.37. The average molecular weight is 394 g/mol. The maximum Gasteiger partial charge on any atom is 0.287 e. The van der Waals surface area contributed by atoms with E-state index >= 15 is 0 Å². The van der Waals surface area contributed by atoms with Gasteiger partial charge in [-0.15, -0.1) is 0 Å². The monoisotopic (exact) mass is 394 g/mol. The number of pyridine rings is 2. The molecule has 1 aliphatic heterocycles. The molecule has 9 heteroatoms. The van der Waals surface area contributed by atoms with Gasteiger partial charge in [0.1, 0.15) is 17.7 Å². The summed E-state index contributed by atoms with van der Waals surface area (Å²) >= 11 is 0. The molecule has 150 valence electrons. The van der Waals surface area contributed by atoms with E-state index in [1.807, 2.05) is 39.5 Å². The highest BCUT2D eigenvalue weighted by Gasteiger charge is 2.24. The number of fused-ring (bicyclic) bond motifs is 1. The van der Waals surface area contributed by atoms with Crippen LogP contribution < -0.4 is 4.90 Å². The Kier molecular flexibility index (Phi) is 4.87. The van der Waals surface area contributed by atoms with E-state index in [2.05, 4.69) is 16.9 Å². The number of nitro groups is 1. The minimum atomic E-state index is -0.463. The summed E-state index contributed by atoms with van der Waals surface area (Å²) in [5, 5.41) is 10.8. The average Bonchev–Trinajstić information content (AvgIpc) is 3.08. The van der Waals surface area contributed by atoms with Crippen molar-refractivity contribution in [1.29, 1.82) is 0 Å². The fourth-order valence-corrected chi connectivity index (χ4v) is 3.67. The number of carbonyl (C=O) groups excluding carboxylic acids is 1. The number of piperazine rings is 1. The summed E-state index contributed by atoms with van der Waals surface area (Å²) in [4.78, 5) is 35.9. The maximum absolute atomic E-state index is 13.0. The predicted molar refractivity (Wildman–Crippen MR) is 108 cm³/mol. The van der Waals surface area contributed by atoms with Crippen molar-refractivity contribution in [1.82, 2.24) is 19.3 Å². The Bertz CT molecular complexity index is 1070. The van der Waals surface area contributed by atoms with Crippen molar-refractivity contribution >= 4 is 23.1 Å². The number of nitrogens with zero attached hydrogens (tertiary/aromatic N) is 6. The first kappa shape index (κ1) is 18.9. The van der Waals surface area contributed by atoms with Crippen LogP contribution in [0.4, 0.5) is 11.5 Å². The van der Waals surface area contributed by atoms with Crippen LogP contribution in [0.3, 0.4) is 0 Å². The molecule has 1 aliphatic rings. The summed E-state index contributed by atoms with van der Waals surface area (Å²) in [6.07, 6.45) is 3.99. The number of hydrogen-bond donors (Lipinski definition) is 0. The largest absolute Gasteiger partial charge is 0.353 e. The Morgan fingerprint density at radius 3 is 2.55 bits per heavy atom. The molecule has 1 amide bonds. The Labute approximate surface area is 167 Å². The molecular weight excluding hydrogens is 372 g/mol. The molecule has 3 aromatic heterocycles. The van der Waals surface area contributed by atoms with Crippen LogP contribution in [0.15, 0.2) is 36.7 Å². The van der Waals surface area contributed by atoms with E-state index in [-0.39, 0.29) is 11.6 Å². The molecule has 0 aromatic carbocycles. The fraction of sp³-hybridized carbons (Fsp3) is 0.350. The van der Waals surface area contributed by atoms with Gasteiger partial charge in [0, 0.05) is 44.1 Å². The second kappa shape index (κ2) is 7.50. The number of hydrogen-bond acceptors (Lipinski definition) is 6. The molecule has 9 nitrogen and oxygen atoms in total. The van der Waals surface area contributed by atoms with Gasteiger partial charge in [0.25, 0.3) is 11.6 Å². The van der Waals surface area contributed by atoms with Crippen molar-refractivity contribution in [2.45, 2.75) is 20.3 Å². The number of aryl methyl sites for hydroxylation is 2. The Hall–Kier alpha value is -3.49. The smallest absolute Gasteiger partial charge is 0.287 e. The summed E-state index contributed by atoms with van der Waals surface area (Å²) in [5.41, 5.74) is 3.57. The van der Waals surface area contributed by atoms with E-state index in [0.717, 1.165) is 23.5 Å². The Balaban J connectivity index is 1.45. The zero-order valence-electron chi connectivity index (χ0n) is 16.4. The minimum Gasteiger partial charge on any atom is -0.353 e. The van der Waals surface area contributed by atoms with Gasteiger partial charge >= 0.3 is 0 Å². The van der Waals surface area contributed by atoms with E-state index in [1.54, 1.807) is 6.07 Å². The second-order valence-corrected chi connectivity index (χ2v) is 7.05. The number of rotatable bonds is 4. The van der Waals surface area contributed by atoms with Crippen LogP contribution >= 0.6 is 0 Å². The molecule has 0 saturated carbocycles. The van der Waals surface area contributed by atoms with Gasteiger partial charge in [0.15, 0.2) is 0 Å². The Morgan fingerprint density at radius 2 is 1.93 bits per heavy atom. The summed E-state index contributed by atoms with van der Waals surface area (Å²) in [6.45, 7) is 6.48. The molecule has 0 bridgehead atoms. The third-order valence-corrected chi connectivity index (χ3v) is 5.37. The van der Waals surface area contributed by atoms with E-state index in [1.165, 1.54) is 12.3 Å². The molecule has 0 radical (unpaired) electrons. The van der Waals surface area contributed by atoms with E-state index in [9.17, 15) is 14.9 Å². The topological polar surface area (TPSA) is 96.9 Å². The highest BCUT2D eigenvalue weighted by molar-refractivity contribution is 5.94. The van der Waals surface area contributed by atoms with Crippen LogP contribution in [0.2, 0.25) is 0 Å². The predicted octanol–water partition coefficient (Wildman–Crippen LogP) is 2.47. The van der Waals surface area contributed by atoms with Gasteiger partial charge in [-0.1, -0.05) is 6.92 Å². The highest BCUT2D eigenvalue weighted by Crippen LogP contribution is 2.19. The van der Waals surface area contributed by atoms with Gasteiger partial charge in [-0.3, -0.25) is 14.9 Å². The van der Waals surface area contributed by atoms with Gasteiger partial charge in [-0.25, -0.2) is 9.97 Å². The number of aromatic nitrogens is 3. The second-order valence-electron chi connectivity index (χ2n) is 7.05. The van der Waals surface area contributed by atoms with Crippen LogP contribution in [-0.2, 0) is 6.42 Å². The molecule has 0 aliphatic carbocycles. The van der Waals surface area contributed by atoms with Crippen LogP contribution in [0.25, 0.3) is 5.65 Å². The third kappa shape index (κ3) is 3.51. The quantitative estimate of drug-likeness (QED) is 0.498. The fourth-order valence-electron chi connectivity index (χ4n) is 3.67. The normalized spacial score (nSPS) is 14.4. The Morgan fingerprint density at radius 1 is 1.17 bits per heavy atom. The summed E-state index contributed by atoms with van der Waals surface area (Å²) < 4.78 is 1.98. The van der Waals surface area contributed by atoms with Crippen molar-refractivity contribution < 1.29 is 9.72 Å². The van der Waals surface area contributed by atoms with Gasteiger partial charge in [-0.05, 0) is 31.5 Å². The van der Waals surface area contributed by atoms with Crippen molar-refractivity contribution in [3.8, 4) is 0 Å². The zero-order chi connectivity index (χ0) is 20.5. The van der Waals surface area contributed by atoms with E-state index in [0.29, 0.717) is 37.6 Å². The van der Waals surface area contributed by atoms with Crippen molar-refractivity contribution in [2.24, 2.45) is 0 Å². The SMILES string of the molecule is CCc1nc2ccc(C(=O)N3CCN(c4ccc([N+](=O)[O-])cn4)CC3)cn2c1C. The lowest BCUT2D eigenvalue weighted by atomic mass is 10.2. The summed E-state index contributed by atoms with van der Waals surface area (Å²) in [5.74, 6) is 0.680. The molecular formula is C20H22N6O3. The number of anilines is 1. The molecule has 1 saturated heterocycles. The zero-order valence-corrected chi connectivity index (χ0v) is 16.4. The summed E-state index contributed by atoms with van der Waals surface area (Å²) in [7, 11) is 0. The van der Waals surface area contributed by atoms with Crippen LogP contribution in [-0.4, -0.2) is 56.3 Å². The van der Waals surface area contributed by atoms with Crippen molar-refractivity contribution in [2.75, 3.05) is 31.1 Å². The molecule has 0 unspecified atom stereocenters.